The number of Topliss-reactive ketones (excluding diaryl/α,β-unsaturated/α-hetero) is 1. The van der Waals surface area contributed by atoms with Crippen molar-refractivity contribution >= 4 is 37.9 Å². The van der Waals surface area contributed by atoms with Crippen LogP contribution in [-0.4, -0.2) is 14.2 Å². The van der Waals surface area contributed by atoms with E-state index in [0.717, 1.165) is 4.47 Å². The molecule has 0 amide bonds. The van der Waals surface area contributed by atoms with Gasteiger partial charge in [0, 0.05) is 10.5 Å². The lowest BCUT2D eigenvalue weighted by Gasteiger charge is -2.08. The average molecular weight is 475 g/mol. The minimum Gasteiger partial charge on any atom is -0.452 e. The Bertz CT molecular complexity index is 1230. The van der Waals surface area contributed by atoms with Crippen molar-refractivity contribution in [1.82, 2.24) is 0 Å². The van der Waals surface area contributed by atoms with Gasteiger partial charge in [-0.1, -0.05) is 28.1 Å². The molecule has 0 aliphatic carbocycles. The minimum absolute atomic E-state index is 0.00455. The summed E-state index contributed by atoms with van der Waals surface area (Å²) in [6.07, 6.45) is 1.49. The first-order valence-corrected chi connectivity index (χ1v) is 10.6. The van der Waals surface area contributed by atoms with E-state index in [1.165, 1.54) is 60.7 Å². The van der Waals surface area contributed by atoms with E-state index in [4.69, 9.17) is 8.92 Å². The van der Waals surface area contributed by atoms with Gasteiger partial charge in [-0.2, -0.15) is 8.42 Å². The second-order valence-corrected chi connectivity index (χ2v) is 8.60. The van der Waals surface area contributed by atoms with E-state index in [2.05, 4.69) is 15.9 Å². The Balaban J connectivity index is 1.59. The van der Waals surface area contributed by atoms with Crippen molar-refractivity contribution in [3.8, 4) is 11.5 Å². The fourth-order valence-corrected chi connectivity index (χ4v) is 3.89. The Morgan fingerprint density at radius 2 is 1.66 bits per heavy atom. The third-order valence-corrected chi connectivity index (χ3v) is 5.91. The molecule has 0 bridgehead atoms. The van der Waals surface area contributed by atoms with Crippen LogP contribution < -0.4 is 8.92 Å². The fraction of sp³-hybridized carbons (Fsp3) is 0. The number of ketones is 1. The number of rotatable bonds is 4. The summed E-state index contributed by atoms with van der Waals surface area (Å²) in [5.74, 6) is -0.483. The summed E-state index contributed by atoms with van der Waals surface area (Å²) < 4.78 is 49.3. The zero-order valence-electron chi connectivity index (χ0n) is 14.6. The summed E-state index contributed by atoms with van der Waals surface area (Å²) >= 11 is 3.24. The molecule has 1 aliphatic rings. The maximum absolute atomic E-state index is 13.0. The molecule has 1 aliphatic heterocycles. The van der Waals surface area contributed by atoms with E-state index < -0.39 is 10.1 Å². The van der Waals surface area contributed by atoms with Gasteiger partial charge in [0.25, 0.3) is 0 Å². The molecule has 4 rings (SSSR count). The number of carbonyl (C=O) groups is 1. The molecule has 0 saturated carbocycles. The van der Waals surface area contributed by atoms with Gasteiger partial charge in [-0.05, 0) is 60.2 Å². The first-order chi connectivity index (χ1) is 13.8. The highest BCUT2D eigenvalue weighted by atomic mass is 79.9. The minimum atomic E-state index is -4.04. The molecule has 5 nitrogen and oxygen atoms in total. The SMILES string of the molecule is O=C1C(=Cc2ccc(F)cc2)Oc2cc(OS(=O)(=O)c3ccc(Br)cc3)ccc21. The summed E-state index contributed by atoms with van der Waals surface area (Å²) in [5.41, 5.74) is 0.878. The topological polar surface area (TPSA) is 69.7 Å². The molecule has 0 atom stereocenters. The van der Waals surface area contributed by atoms with Crippen LogP contribution in [0.4, 0.5) is 4.39 Å². The van der Waals surface area contributed by atoms with E-state index >= 15 is 0 Å². The van der Waals surface area contributed by atoms with Crippen LogP contribution in [0.1, 0.15) is 15.9 Å². The molecular formula is C21H12BrFO5S. The summed E-state index contributed by atoms with van der Waals surface area (Å²) in [6, 6.07) is 15.8. The van der Waals surface area contributed by atoms with Crippen LogP contribution in [0.3, 0.4) is 0 Å². The molecule has 8 heteroatoms. The number of allylic oxidation sites excluding steroid dienone is 1. The molecule has 3 aromatic carbocycles. The third kappa shape index (κ3) is 4.08. The van der Waals surface area contributed by atoms with Gasteiger partial charge in [-0.3, -0.25) is 4.79 Å². The maximum Gasteiger partial charge on any atom is 0.339 e. The number of benzene rings is 3. The summed E-state index contributed by atoms with van der Waals surface area (Å²) in [6.45, 7) is 0. The van der Waals surface area contributed by atoms with Gasteiger partial charge in [0.1, 0.15) is 22.2 Å². The smallest absolute Gasteiger partial charge is 0.339 e. The molecular weight excluding hydrogens is 463 g/mol. The summed E-state index contributed by atoms with van der Waals surface area (Å²) in [5, 5.41) is 0. The molecule has 0 aromatic heterocycles. The van der Waals surface area contributed by atoms with Crippen LogP contribution in [-0.2, 0) is 10.1 Å². The molecule has 3 aromatic rings. The van der Waals surface area contributed by atoms with Crippen molar-refractivity contribution < 1.29 is 26.5 Å². The predicted octanol–water partition coefficient (Wildman–Crippen LogP) is 4.97. The fourth-order valence-electron chi connectivity index (χ4n) is 2.71. The number of hydrogen-bond donors (Lipinski definition) is 0. The Hall–Kier alpha value is -2.97. The summed E-state index contributed by atoms with van der Waals surface area (Å²) in [7, 11) is -4.04. The van der Waals surface area contributed by atoms with E-state index in [0.29, 0.717) is 5.56 Å². The molecule has 1 heterocycles. The predicted molar refractivity (Wildman–Crippen MR) is 108 cm³/mol. The lowest BCUT2D eigenvalue weighted by molar-refractivity contribution is 0.101. The summed E-state index contributed by atoms with van der Waals surface area (Å²) in [4.78, 5) is 12.5. The van der Waals surface area contributed by atoms with Gasteiger partial charge in [0.05, 0.1) is 5.56 Å². The average Bonchev–Trinajstić information content (AvgIpc) is 2.98. The maximum atomic E-state index is 13.0. The van der Waals surface area contributed by atoms with Gasteiger partial charge in [-0.25, -0.2) is 4.39 Å². The first-order valence-electron chi connectivity index (χ1n) is 8.36. The van der Waals surface area contributed by atoms with Crippen LogP contribution in [0.15, 0.2) is 81.9 Å². The molecule has 0 unspecified atom stereocenters. The second kappa shape index (κ2) is 7.46. The van der Waals surface area contributed by atoms with Crippen molar-refractivity contribution in [2.24, 2.45) is 0 Å². The van der Waals surface area contributed by atoms with Crippen LogP contribution in [0.25, 0.3) is 6.08 Å². The van der Waals surface area contributed by atoms with Crippen LogP contribution >= 0.6 is 15.9 Å². The molecule has 146 valence electrons. The molecule has 29 heavy (non-hydrogen) atoms. The number of halogens is 2. The van der Waals surface area contributed by atoms with Crippen LogP contribution in [0.5, 0.6) is 11.5 Å². The van der Waals surface area contributed by atoms with Gasteiger partial charge < -0.3 is 8.92 Å². The van der Waals surface area contributed by atoms with Crippen LogP contribution in [0, 0.1) is 5.82 Å². The zero-order valence-corrected chi connectivity index (χ0v) is 17.0. The van der Waals surface area contributed by atoms with Crippen molar-refractivity contribution in [1.29, 1.82) is 0 Å². The largest absolute Gasteiger partial charge is 0.452 e. The second-order valence-electron chi connectivity index (χ2n) is 6.14. The van der Waals surface area contributed by atoms with Crippen molar-refractivity contribution in [3.05, 3.63) is 93.9 Å². The van der Waals surface area contributed by atoms with Crippen molar-refractivity contribution in [2.75, 3.05) is 0 Å². The molecule has 0 N–H and O–H groups in total. The van der Waals surface area contributed by atoms with Gasteiger partial charge >= 0.3 is 10.1 Å². The van der Waals surface area contributed by atoms with Crippen molar-refractivity contribution in [2.45, 2.75) is 4.90 Å². The molecule has 0 saturated heterocycles. The standard InChI is InChI=1S/C21H12BrFO5S/c22-14-3-8-17(9-4-14)29(25,26)28-16-7-10-18-19(12-16)27-20(21(18)24)11-13-1-5-15(23)6-2-13/h1-12H. The molecule has 0 spiro atoms. The molecule has 0 radical (unpaired) electrons. The number of ether oxygens (including phenoxy) is 1. The number of fused-ring (bicyclic) bond motifs is 1. The lowest BCUT2D eigenvalue weighted by atomic mass is 10.1. The quantitative estimate of drug-likeness (QED) is 0.394. The number of hydrogen-bond acceptors (Lipinski definition) is 5. The monoisotopic (exact) mass is 474 g/mol. The van der Waals surface area contributed by atoms with Gasteiger partial charge in [-0.15, -0.1) is 0 Å². The Labute approximate surface area is 174 Å². The molecule has 0 fully saturated rings. The number of carbonyl (C=O) groups excluding carboxylic acids is 1. The highest BCUT2D eigenvalue weighted by Crippen LogP contribution is 2.35. The Morgan fingerprint density at radius 1 is 0.966 bits per heavy atom. The lowest BCUT2D eigenvalue weighted by Crippen LogP contribution is -2.09. The Morgan fingerprint density at radius 3 is 2.34 bits per heavy atom. The highest BCUT2D eigenvalue weighted by molar-refractivity contribution is 9.10. The van der Waals surface area contributed by atoms with E-state index in [9.17, 15) is 17.6 Å². The zero-order chi connectivity index (χ0) is 20.6. The van der Waals surface area contributed by atoms with E-state index in [-0.39, 0.29) is 39.3 Å². The normalized spacial score (nSPS) is 14.6. The third-order valence-electron chi connectivity index (χ3n) is 4.12. The van der Waals surface area contributed by atoms with Crippen molar-refractivity contribution in [3.63, 3.8) is 0 Å². The van der Waals surface area contributed by atoms with Gasteiger partial charge in [0.15, 0.2) is 5.76 Å². The first kappa shape index (κ1) is 19.4. The van der Waals surface area contributed by atoms with Gasteiger partial charge in [0.2, 0.25) is 5.78 Å². The van der Waals surface area contributed by atoms with E-state index in [1.807, 2.05) is 0 Å². The van der Waals surface area contributed by atoms with Crippen LogP contribution in [0.2, 0.25) is 0 Å². The Kier molecular flexibility index (Phi) is 4.97. The van der Waals surface area contributed by atoms with E-state index in [1.54, 1.807) is 12.1 Å². The highest BCUT2D eigenvalue weighted by Gasteiger charge is 2.28.